The highest BCUT2D eigenvalue weighted by molar-refractivity contribution is 5.85. The maximum Gasteiger partial charge on any atom is 0.407 e. The van der Waals surface area contributed by atoms with Gasteiger partial charge in [-0.2, -0.15) is 0 Å². The molecule has 190 valence electrons. The second-order valence-electron chi connectivity index (χ2n) is 9.39. The van der Waals surface area contributed by atoms with E-state index in [4.69, 9.17) is 10.5 Å². The number of ether oxygens (including phenoxy) is 1. The summed E-state index contributed by atoms with van der Waals surface area (Å²) in [6.07, 6.45) is -2.77. The number of carbonyl (C=O) groups is 2. The SMILES string of the molecule is CC[C@H](C)C([C@@H](CC(N)O)OC)N(C)C(O)[C@@H](NC(=O)[C@H](C(C)C)N(C)C(=O)O)C(C)C. The average Bonchev–Trinajstić information content (AvgIpc) is 2.69. The van der Waals surface area contributed by atoms with Gasteiger partial charge in [-0.15, -0.1) is 0 Å². The molecule has 0 aliphatic rings. The Labute approximate surface area is 193 Å². The van der Waals surface area contributed by atoms with E-state index < -0.39 is 42.6 Å². The van der Waals surface area contributed by atoms with Crippen LogP contribution in [-0.2, 0) is 9.53 Å². The standard InChI is InChI=1S/C22H46N4O6/c1-10-14(6)19(15(32-9)11-16(23)27)25(7)21(29)17(12(2)3)24-20(28)18(13(4)5)26(8)22(30)31/h12-19,21,27,29H,10-11,23H2,1-9H3,(H,24,28)(H,30,31)/t14-,15+,16?,17-,18-,19?,21?/m0/s1. The minimum Gasteiger partial charge on any atom is -0.465 e. The number of hydrogen-bond donors (Lipinski definition) is 5. The normalized spacial score (nSPS) is 18.7. The molecule has 32 heavy (non-hydrogen) atoms. The van der Waals surface area contributed by atoms with Gasteiger partial charge in [0.25, 0.3) is 0 Å². The second-order valence-corrected chi connectivity index (χ2v) is 9.39. The third-order valence-electron chi connectivity index (χ3n) is 6.24. The van der Waals surface area contributed by atoms with E-state index in [1.807, 2.05) is 27.7 Å². The Morgan fingerprint density at radius 3 is 1.94 bits per heavy atom. The van der Waals surface area contributed by atoms with Crippen molar-refractivity contribution >= 4 is 12.0 Å². The first-order valence-electron chi connectivity index (χ1n) is 11.3. The molecular weight excluding hydrogens is 416 g/mol. The van der Waals surface area contributed by atoms with Crippen LogP contribution in [0.3, 0.4) is 0 Å². The van der Waals surface area contributed by atoms with Gasteiger partial charge in [0.1, 0.15) is 18.5 Å². The first-order valence-corrected chi connectivity index (χ1v) is 11.3. The van der Waals surface area contributed by atoms with Crippen molar-refractivity contribution in [1.29, 1.82) is 0 Å². The molecule has 2 amide bonds. The van der Waals surface area contributed by atoms with Crippen molar-refractivity contribution in [2.45, 2.75) is 91.1 Å². The van der Waals surface area contributed by atoms with Gasteiger partial charge in [-0.05, 0) is 24.8 Å². The lowest BCUT2D eigenvalue weighted by Crippen LogP contribution is -2.62. The molecule has 0 bridgehead atoms. The molecule has 0 heterocycles. The van der Waals surface area contributed by atoms with E-state index in [9.17, 15) is 24.9 Å². The molecule has 0 aliphatic carbocycles. The number of hydrogen-bond acceptors (Lipinski definition) is 7. The summed E-state index contributed by atoms with van der Waals surface area (Å²) in [4.78, 5) is 27.2. The summed E-state index contributed by atoms with van der Waals surface area (Å²) >= 11 is 0. The van der Waals surface area contributed by atoms with Crippen molar-refractivity contribution in [1.82, 2.24) is 15.1 Å². The van der Waals surface area contributed by atoms with Crippen molar-refractivity contribution in [2.24, 2.45) is 23.5 Å². The second kappa shape index (κ2) is 13.9. The Balaban J connectivity index is 5.87. The number of carboxylic acid groups (broad SMARTS) is 1. The fraction of sp³-hybridized carbons (Fsp3) is 0.909. The number of methoxy groups -OCH3 is 1. The minimum absolute atomic E-state index is 0.100. The van der Waals surface area contributed by atoms with Gasteiger partial charge >= 0.3 is 6.09 Å². The molecule has 10 nitrogen and oxygen atoms in total. The predicted molar refractivity (Wildman–Crippen MR) is 124 cm³/mol. The van der Waals surface area contributed by atoms with Gasteiger partial charge in [0, 0.05) is 26.6 Å². The lowest BCUT2D eigenvalue weighted by Gasteiger charge is -2.44. The van der Waals surface area contributed by atoms with Crippen molar-refractivity contribution in [3.63, 3.8) is 0 Å². The van der Waals surface area contributed by atoms with Gasteiger partial charge < -0.3 is 31.1 Å². The number of rotatable bonds is 14. The van der Waals surface area contributed by atoms with Gasteiger partial charge in [-0.1, -0.05) is 48.0 Å². The molecule has 0 aromatic heterocycles. The Morgan fingerprint density at radius 1 is 1.06 bits per heavy atom. The molecular formula is C22H46N4O6. The third kappa shape index (κ3) is 8.47. The summed E-state index contributed by atoms with van der Waals surface area (Å²) < 4.78 is 5.61. The Kier molecular flexibility index (Phi) is 13.3. The van der Waals surface area contributed by atoms with Crippen molar-refractivity contribution in [3.05, 3.63) is 0 Å². The lowest BCUT2D eigenvalue weighted by molar-refractivity contribution is -0.134. The highest BCUT2D eigenvalue weighted by atomic mass is 16.5. The summed E-state index contributed by atoms with van der Waals surface area (Å²) in [5.74, 6) is -0.756. The first kappa shape index (κ1) is 30.5. The molecule has 0 aromatic carbocycles. The number of nitrogens with zero attached hydrogens (tertiary/aromatic N) is 2. The summed E-state index contributed by atoms with van der Waals surface area (Å²) in [5, 5.41) is 33.2. The van der Waals surface area contributed by atoms with Crippen molar-refractivity contribution in [2.75, 3.05) is 21.2 Å². The van der Waals surface area contributed by atoms with Gasteiger partial charge in [0.05, 0.1) is 12.1 Å². The van der Waals surface area contributed by atoms with E-state index in [2.05, 4.69) is 5.32 Å². The van der Waals surface area contributed by atoms with Crippen LogP contribution in [0.2, 0.25) is 0 Å². The molecule has 0 saturated carbocycles. The smallest absolute Gasteiger partial charge is 0.407 e. The summed E-state index contributed by atoms with van der Waals surface area (Å²) in [7, 11) is 4.65. The van der Waals surface area contributed by atoms with Crippen LogP contribution >= 0.6 is 0 Å². The largest absolute Gasteiger partial charge is 0.465 e. The van der Waals surface area contributed by atoms with Crippen LogP contribution in [0, 0.1) is 17.8 Å². The Hall–Kier alpha value is -1.46. The van der Waals surface area contributed by atoms with Gasteiger partial charge in [0.2, 0.25) is 5.91 Å². The zero-order valence-corrected chi connectivity index (χ0v) is 21.1. The fourth-order valence-corrected chi connectivity index (χ4v) is 4.19. The molecule has 0 aromatic rings. The zero-order chi connectivity index (χ0) is 25.3. The number of nitrogens with one attached hydrogen (secondary N) is 1. The van der Waals surface area contributed by atoms with Crippen LogP contribution in [0.1, 0.15) is 54.4 Å². The number of nitrogens with two attached hydrogens (primary N) is 1. The Bertz CT molecular complexity index is 575. The lowest BCUT2D eigenvalue weighted by atomic mass is 9.89. The van der Waals surface area contributed by atoms with E-state index >= 15 is 0 Å². The third-order valence-corrected chi connectivity index (χ3v) is 6.24. The van der Waals surface area contributed by atoms with Crippen LogP contribution < -0.4 is 11.1 Å². The molecule has 0 saturated heterocycles. The molecule has 0 rings (SSSR count). The van der Waals surface area contributed by atoms with E-state index in [0.717, 1.165) is 11.3 Å². The molecule has 10 heteroatoms. The molecule has 7 atom stereocenters. The van der Waals surface area contributed by atoms with Crippen LogP contribution in [0.5, 0.6) is 0 Å². The van der Waals surface area contributed by atoms with Crippen LogP contribution in [0.25, 0.3) is 0 Å². The van der Waals surface area contributed by atoms with Crippen LogP contribution in [-0.4, -0.2) is 95.0 Å². The number of likely N-dealkylation sites (N-methyl/N-ethyl adjacent to an activating group) is 2. The first-order chi connectivity index (χ1) is 14.7. The molecule has 3 unspecified atom stereocenters. The monoisotopic (exact) mass is 462 g/mol. The molecule has 0 aliphatic heterocycles. The average molecular weight is 463 g/mol. The number of aliphatic hydroxyl groups is 2. The molecule has 6 N–H and O–H groups in total. The maximum atomic E-state index is 13.0. The van der Waals surface area contributed by atoms with Gasteiger partial charge in [-0.25, -0.2) is 4.79 Å². The summed E-state index contributed by atoms with van der Waals surface area (Å²) in [5.41, 5.74) is 5.60. The molecule has 0 spiro atoms. The van der Waals surface area contributed by atoms with Crippen molar-refractivity contribution < 1.29 is 29.6 Å². The summed E-state index contributed by atoms with van der Waals surface area (Å²) in [6.45, 7) is 11.4. The minimum atomic E-state index is -1.20. The predicted octanol–water partition coefficient (Wildman–Crippen LogP) is 1.11. The zero-order valence-electron chi connectivity index (χ0n) is 21.1. The van der Waals surface area contributed by atoms with Gasteiger partial charge in [-0.3, -0.25) is 14.6 Å². The number of aliphatic hydroxyl groups excluding tert-OH is 2. The van der Waals surface area contributed by atoms with Crippen LogP contribution in [0.15, 0.2) is 0 Å². The van der Waals surface area contributed by atoms with E-state index in [-0.39, 0.29) is 30.2 Å². The van der Waals surface area contributed by atoms with E-state index in [1.165, 1.54) is 7.05 Å². The fourth-order valence-electron chi connectivity index (χ4n) is 4.19. The van der Waals surface area contributed by atoms with Crippen LogP contribution in [0.4, 0.5) is 4.79 Å². The molecule has 0 radical (unpaired) electrons. The topological polar surface area (TPSA) is 149 Å². The highest BCUT2D eigenvalue weighted by Gasteiger charge is 2.39. The number of carbonyl (C=O) groups excluding carboxylic acids is 1. The number of amides is 2. The highest BCUT2D eigenvalue weighted by Crippen LogP contribution is 2.25. The van der Waals surface area contributed by atoms with E-state index in [0.29, 0.717) is 0 Å². The maximum absolute atomic E-state index is 13.0. The van der Waals surface area contributed by atoms with Crippen molar-refractivity contribution in [3.8, 4) is 0 Å². The Morgan fingerprint density at radius 2 is 1.59 bits per heavy atom. The summed E-state index contributed by atoms with van der Waals surface area (Å²) in [6, 6.07) is -1.84. The molecule has 0 fully saturated rings. The van der Waals surface area contributed by atoms with E-state index in [1.54, 1.807) is 32.9 Å². The quantitative estimate of drug-likeness (QED) is 0.241. The van der Waals surface area contributed by atoms with Gasteiger partial charge in [0.15, 0.2) is 0 Å².